The summed E-state index contributed by atoms with van der Waals surface area (Å²) in [5.74, 6) is 0. The van der Waals surface area contributed by atoms with Crippen LogP contribution in [0.2, 0.25) is 0 Å². The van der Waals surface area contributed by atoms with Crippen LogP contribution in [0.3, 0.4) is 0 Å². The Morgan fingerprint density at radius 3 is 2.48 bits per heavy atom. The lowest BCUT2D eigenvalue weighted by Gasteiger charge is -2.19. The van der Waals surface area contributed by atoms with Gasteiger partial charge in [-0.3, -0.25) is 0 Å². The molecule has 1 aromatic carbocycles. The number of rotatable bonds is 7. The highest BCUT2D eigenvalue weighted by molar-refractivity contribution is 7.89. The Bertz CT molecular complexity index is 548. The van der Waals surface area contributed by atoms with E-state index in [1.807, 2.05) is 33.8 Å². The second-order valence-corrected chi connectivity index (χ2v) is 8.40. The van der Waals surface area contributed by atoms with Crippen LogP contribution in [0.5, 0.6) is 0 Å². The quantitative estimate of drug-likeness (QED) is 0.813. The average Bonchev–Trinajstić information content (AvgIpc) is 2.42. The molecule has 1 atom stereocenters. The highest BCUT2D eigenvalue weighted by atomic mass is 32.2. The van der Waals surface area contributed by atoms with Crippen molar-refractivity contribution in [1.82, 2.24) is 10.0 Å². The van der Waals surface area contributed by atoms with Gasteiger partial charge in [0.25, 0.3) is 0 Å². The highest BCUT2D eigenvalue weighted by Gasteiger charge is 2.19. The fourth-order valence-electron chi connectivity index (χ4n) is 1.82. The molecule has 0 aromatic heterocycles. The van der Waals surface area contributed by atoms with E-state index in [-0.39, 0.29) is 11.5 Å². The standard InChI is InChI=1S/C16H28N2O2S/c1-6-10-17-13(2)14-8-7-9-15(11-14)21(19,20)18-12-16(3,4)5/h7-9,11,13,17-18H,6,10,12H2,1-5H3. The molecule has 2 N–H and O–H groups in total. The van der Waals surface area contributed by atoms with Crippen molar-refractivity contribution in [2.45, 2.75) is 52.0 Å². The lowest BCUT2D eigenvalue weighted by atomic mass is 9.98. The third-order valence-corrected chi connectivity index (χ3v) is 4.56. The van der Waals surface area contributed by atoms with Crippen LogP contribution < -0.4 is 10.0 Å². The zero-order valence-corrected chi connectivity index (χ0v) is 14.5. The third-order valence-electron chi connectivity index (χ3n) is 3.16. The fourth-order valence-corrected chi connectivity index (χ4v) is 3.16. The molecule has 0 saturated heterocycles. The maximum Gasteiger partial charge on any atom is 0.240 e. The predicted molar refractivity (Wildman–Crippen MR) is 87.8 cm³/mol. The molecule has 0 spiro atoms. The van der Waals surface area contributed by atoms with Crippen LogP contribution in [0.15, 0.2) is 29.2 Å². The van der Waals surface area contributed by atoms with Gasteiger partial charge in [-0.25, -0.2) is 13.1 Å². The van der Waals surface area contributed by atoms with Crippen molar-refractivity contribution < 1.29 is 8.42 Å². The van der Waals surface area contributed by atoms with E-state index in [9.17, 15) is 8.42 Å². The maximum absolute atomic E-state index is 12.3. The lowest BCUT2D eigenvalue weighted by Crippen LogP contribution is -2.32. The molecule has 1 aromatic rings. The van der Waals surface area contributed by atoms with E-state index in [1.54, 1.807) is 18.2 Å². The first-order valence-corrected chi connectivity index (χ1v) is 8.97. The monoisotopic (exact) mass is 312 g/mol. The van der Waals surface area contributed by atoms with E-state index < -0.39 is 10.0 Å². The van der Waals surface area contributed by atoms with Gasteiger partial charge in [-0.15, -0.1) is 0 Å². The van der Waals surface area contributed by atoms with Crippen molar-refractivity contribution in [1.29, 1.82) is 0 Å². The van der Waals surface area contributed by atoms with Crippen molar-refractivity contribution in [3.8, 4) is 0 Å². The second-order valence-electron chi connectivity index (χ2n) is 6.63. The van der Waals surface area contributed by atoms with E-state index in [4.69, 9.17) is 0 Å². The van der Waals surface area contributed by atoms with E-state index in [0.717, 1.165) is 18.5 Å². The SMILES string of the molecule is CCCNC(C)c1cccc(S(=O)(=O)NCC(C)(C)C)c1. The first-order chi connectivity index (χ1) is 9.65. The smallest absolute Gasteiger partial charge is 0.240 e. The molecule has 0 radical (unpaired) electrons. The number of sulfonamides is 1. The molecule has 0 aliphatic heterocycles. The maximum atomic E-state index is 12.3. The topological polar surface area (TPSA) is 58.2 Å². The Morgan fingerprint density at radius 2 is 1.90 bits per heavy atom. The molecule has 1 rings (SSSR count). The summed E-state index contributed by atoms with van der Waals surface area (Å²) in [6.07, 6.45) is 1.05. The average molecular weight is 312 g/mol. The van der Waals surface area contributed by atoms with Gasteiger partial charge in [0.15, 0.2) is 0 Å². The molecule has 0 heterocycles. The largest absolute Gasteiger partial charge is 0.310 e. The zero-order chi connectivity index (χ0) is 16.1. The van der Waals surface area contributed by atoms with Gasteiger partial charge < -0.3 is 5.32 Å². The summed E-state index contributed by atoms with van der Waals surface area (Å²) in [5, 5.41) is 3.37. The van der Waals surface area contributed by atoms with Crippen LogP contribution in [0.25, 0.3) is 0 Å². The Balaban J connectivity index is 2.88. The summed E-state index contributed by atoms with van der Waals surface area (Å²) in [7, 11) is -3.45. The predicted octanol–water partition coefficient (Wildman–Crippen LogP) is 3.07. The first-order valence-electron chi connectivity index (χ1n) is 7.49. The van der Waals surface area contributed by atoms with Gasteiger partial charge in [0, 0.05) is 12.6 Å². The molecule has 120 valence electrons. The number of hydrogen-bond acceptors (Lipinski definition) is 3. The summed E-state index contributed by atoms with van der Waals surface area (Å²) in [5.41, 5.74) is 0.905. The molecule has 21 heavy (non-hydrogen) atoms. The van der Waals surface area contributed by atoms with Crippen molar-refractivity contribution >= 4 is 10.0 Å². The van der Waals surface area contributed by atoms with E-state index in [1.165, 1.54) is 0 Å². The molecular formula is C16H28N2O2S. The highest BCUT2D eigenvalue weighted by Crippen LogP contribution is 2.18. The van der Waals surface area contributed by atoms with Crippen LogP contribution in [-0.2, 0) is 10.0 Å². The van der Waals surface area contributed by atoms with Gasteiger partial charge in [0.2, 0.25) is 10.0 Å². The molecule has 0 fully saturated rings. The van der Waals surface area contributed by atoms with E-state index in [2.05, 4.69) is 17.0 Å². The summed E-state index contributed by atoms with van der Waals surface area (Å²) in [6, 6.07) is 7.28. The molecule has 0 aliphatic carbocycles. The van der Waals surface area contributed by atoms with Gasteiger partial charge in [-0.2, -0.15) is 0 Å². The Kier molecular flexibility index (Phi) is 6.38. The number of hydrogen-bond donors (Lipinski definition) is 2. The Morgan fingerprint density at radius 1 is 1.24 bits per heavy atom. The van der Waals surface area contributed by atoms with Crippen LogP contribution in [0.1, 0.15) is 52.6 Å². The minimum Gasteiger partial charge on any atom is -0.310 e. The molecule has 0 saturated carbocycles. The summed E-state index contributed by atoms with van der Waals surface area (Å²) in [4.78, 5) is 0.328. The van der Waals surface area contributed by atoms with E-state index in [0.29, 0.717) is 11.4 Å². The van der Waals surface area contributed by atoms with Crippen LogP contribution in [0.4, 0.5) is 0 Å². The van der Waals surface area contributed by atoms with Gasteiger partial charge in [0.1, 0.15) is 0 Å². The molecule has 1 unspecified atom stereocenters. The molecule has 0 bridgehead atoms. The minimum atomic E-state index is -3.45. The minimum absolute atomic E-state index is 0.0827. The zero-order valence-electron chi connectivity index (χ0n) is 13.7. The number of nitrogens with one attached hydrogen (secondary N) is 2. The summed E-state index contributed by atoms with van der Waals surface area (Å²) in [6.45, 7) is 11.5. The molecule has 0 aliphatic rings. The van der Waals surface area contributed by atoms with Crippen molar-refractivity contribution in [2.75, 3.05) is 13.1 Å². The normalized spacial score (nSPS) is 14.1. The Hall–Kier alpha value is -0.910. The van der Waals surface area contributed by atoms with Gasteiger partial charge in [-0.1, -0.05) is 39.8 Å². The van der Waals surface area contributed by atoms with Crippen LogP contribution in [0, 0.1) is 5.41 Å². The lowest BCUT2D eigenvalue weighted by molar-refractivity contribution is 0.407. The van der Waals surface area contributed by atoms with Gasteiger partial charge >= 0.3 is 0 Å². The number of benzene rings is 1. The molecule has 4 nitrogen and oxygen atoms in total. The van der Waals surface area contributed by atoms with Crippen LogP contribution in [-0.4, -0.2) is 21.5 Å². The molecule has 5 heteroatoms. The van der Waals surface area contributed by atoms with Crippen molar-refractivity contribution in [3.05, 3.63) is 29.8 Å². The van der Waals surface area contributed by atoms with Crippen molar-refractivity contribution in [3.63, 3.8) is 0 Å². The van der Waals surface area contributed by atoms with Gasteiger partial charge in [-0.05, 0) is 43.0 Å². The summed E-state index contributed by atoms with van der Waals surface area (Å²) < 4.78 is 27.3. The molecular weight excluding hydrogens is 284 g/mol. The van der Waals surface area contributed by atoms with Crippen LogP contribution >= 0.6 is 0 Å². The summed E-state index contributed by atoms with van der Waals surface area (Å²) >= 11 is 0. The fraction of sp³-hybridized carbons (Fsp3) is 0.625. The first kappa shape index (κ1) is 18.1. The van der Waals surface area contributed by atoms with Gasteiger partial charge in [0.05, 0.1) is 4.90 Å². The second kappa shape index (κ2) is 7.38. The third kappa shape index (κ3) is 6.16. The molecule has 0 amide bonds. The Labute approximate surface area is 129 Å². The van der Waals surface area contributed by atoms with E-state index >= 15 is 0 Å². The van der Waals surface area contributed by atoms with Crippen molar-refractivity contribution in [2.24, 2.45) is 5.41 Å².